The molecule has 19 heavy (non-hydrogen) atoms. The predicted octanol–water partition coefficient (Wildman–Crippen LogP) is 3.39. The maximum atomic E-state index is 11.6. The van der Waals surface area contributed by atoms with Crippen molar-refractivity contribution in [1.82, 2.24) is 4.57 Å². The number of carboxylic acid groups (broad SMARTS) is 1. The lowest BCUT2D eigenvalue weighted by Gasteiger charge is -2.23. The first-order chi connectivity index (χ1) is 9.01. The van der Waals surface area contributed by atoms with Gasteiger partial charge in [0.05, 0.1) is 0 Å². The van der Waals surface area contributed by atoms with Crippen molar-refractivity contribution in [1.29, 1.82) is 0 Å². The van der Waals surface area contributed by atoms with E-state index in [0.717, 1.165) is 37.8 Å². The fourth-order valence-corrected chi connectivity index (χ4v) is 2.40. The lowest BCUT2D eigenvalue weighted by Crippen LogP contribution is -2.21. The normalized spacial score (nSPS) is 12.4. The molecule has 0 saturated carbocycles. The first kappa shape index (κ1) is 15.5. The van der Waals surface area contributed by atoms with Crippen molar-refractivity contribution in [2.24, 2.45) is 0 Å². The molecule has 1 heterocycles. The van der Waals surface area contributed by atoms with Crippen LogP contribution in [0.2, 0.25) is 0 Å². The van der Waals surface area contributed by atoms with E-state index < -0.39 is 11.4 Å². The number of carbonyl (C=O) groups is 1. The molecule has 4 heteroatoms. The zero-order valence-corrected chi connectivity index (χ0v) is 12.0. The van der Waals surface area contributed by atoms with Gasteiger partial charge in [-0.3, -0.25) is 4.79 Å². The molecule has 1 atom stereocenters. The minimum absolute atomic E-state index is 0.136. The summed E-state index contributed by atoms with van der Waals surface area (Å²) >= 11 is 0. The molecular formula is C15H23NO3. The van der Waals surface area contributed by atoms with Crippen molar-refractivity contribution < 1.29 is 9.90 Å². The lowest BCUT2D eigenvalue weighted by atomic mass is 10.0. The monoisotopic (exact) mass is 265 g/mol. The highest BCUT2D eigenvalue weighted by Gasteiger charge is 2.15. The largest absolute Gasteiger partial charge is 0.477 e. The second-order valence-corrected chi connectivity index (χ2v) is 4.99. The van der Waals surface area contributed by atoms with Crippen molar-refractivity contribution in [3.8, 4) is 0 Å². The van der Waals surface area contributed by atoms with Crippen LogP contribution in [0.1, 0.15) is 68.0 Å². The highest BCUT2D eigenvalue weighted by molar-refractivity contribution is 5.87. The van der Waals surface area contributed by atoms with Crippen molar-refractivity contribution >= 4 is 5.97 Å². The first-order valence-corrected chi connectivity index (χ1v) is 6.97. The molecule has 0 amide bonds. The van der Waals surface area contributed by atoms with Crippen molar-refractivity contribution in [2.45, 2.75) is 58.9 Å². The summed E-state index contributed by atoms with van der Waals surface area (Å²) in [5.74, 6) is -1.15. The Morgan fingerprint density at radius 2 is 2.00 bits per heavy atom. The van der Waals surface area contributed by atoms with Gasteiger partial charge in [-0.1, -0.05) is 33.1 Å². The van der Waals surface area contributed by atoms with Crippen LogP contribution in [0.25, 0.3) is 0 Å². The number of carboxylic acids is 1. The number of aromatic nitrogens is 1. The van der Waals surface area contributed by atoms with Crippen LogP contribution in [0.15, 0.2) is 17.1 Å². The maximum Gasteiger partial charge on any atom is 0.341 e. The summed E-state index contributed by atoms with van der Waals surface area (Å²) in [6.07, 6.45) is 6.80. The van der Waals surface area contributed by atoms with E-state index in [0.29, 0.717) is 0 Å². The quantitative estimate of drug-likeness (QED) is 0.822. The fourth-order valence-electron chi connectivity index (χ4n) is 2.40. The average Bonchev–Trinajstić information content (AvgIpc) is 2.34. The van der Waals surface area contributed by atoms with E-state index >= 15 is 0 Å². The van der Waals surface area contributed by atoms with E-state index in [4.69, 9.17) is 5.11 Å². The second kappa shape index (κ2) is 7.12. The molecule has 1 N–H and O–H groups in total. The van der Waals surface area contributed by atoms with Gasteiger partial charge in [0.2, 0.25) is 0 Å². The third-order valence-corrected chi connectivity index (χ3v) is 3.42. The number of aryl methyl sites for hydroxylation is 1. The number of aromatic carboxylic acids is 1. The van der Waals surface area contributed by atoms with Crippen LogP contribution >= 0.6 is 0 Å². The van der Waals surface area contributed by atoms with Gasteiger partial charge in [0.25, 0.3) is 0 Å². The zero-order chi connectivity index (χ0) is 14.4. The van der Waals surface area contributed by atoms with Crippen LogP contribution < -0.4 is 5.43 Å². The molecule has 1 unspecified atom stereocenters. The van der Waals surface area contributed by atoms with Gasteiger partial charge in [-0.25, -0.2) is 4.79 Å². The maximum absolute atomic E-state index is 11.6. The summed E-state index contributed by atoms with van der Waals surface area (Å²) in [4.78, 5) is 22.7. The molecule has 0 aliphatic heterocycles. The summed E-state index contributed by atoms with van der Waals surface area (Å²) in [7, 11) is 0. The Bertz CT molecular complexity index is 491. The van der Waals surface area contributed by atoms with Gasteiger partial charge in [-0.2, -0.15) is 0 Å². The molecule has 0 spiro atoms. The topological polar surface area (TPSA) is 59.3 Å². The molecule has 0 radical (unpaired) electrons. The molecular weight excluding hydrogens is 242 g/mol. The number of rotatable bonds is 7. The molecule has 0 bridgehead atoms. The number of hydrogen-bond donors (Lipinski definition) is 1. The Kier molecular flexibility index (Phi) is 5.80. The molecule has 0 saturated heterocycles. The van der Waals surface area contributed by atoms with E-state index in [-0.39, 0.29) is 11.6 Å². The number of unbranched alkanes of at least 4 members (excludes halogenated alkanes) is 1. The molecule has 0 aliphatic rings. The summed E-state index contributed by atoms with van der Waals surface area (Å²) in [6.45, 7) is 6.13. The van der Waals surface area contributed by atoms with Crippen LogP contribution in [0.4, 0.5) is 0 Å². The Morgan fingerprint density at radius 3 is 2.53 bits per heavy atom. The van der Waals surface area contributed by atoms with Gasteiger partial charge in [-0.05, 0) is 19.8 Å². The van der Waals surface area contributed by atoms with E-state index in [1.54, 1.807) is 0 Å². The number of pyridine rings is 1. The van der Waals surface area contributed by atoms with E-state index in [1.165, 1.54) is 12.3 Å². The van der Waals surface area contributed by atoms with Gasteiger partial charge in [-0.15, -0.1) is 0 Å². The van der Waals surface area contributed by atoms with Crippen molar-refractivity contribution in [3.63, 3.8) is 0 Å². The zero-order valence-electron chi connectivity index (χ0n) is 12.0. The number of hydrogen-bond acceptors (Lipinski definition) is 2. The Labute approximate surface area is 114 Å². The molecule has 106 valence electrons. The van der Waals surface area contributed by atoms with Crippen molar-refractivity contribution in [2.75, 3.05) is 0 Å². The lowest BCUT2D eigenvalue weighted by molar-refractivity contribution is 0.0694. The smallest absolute Gasteiger partial charge is 0.341 e. The molecule has 0 aliphatic carbocycles. The summed E-state index contributed by atoms with van der Waals surface area (Å²) in [5.41, 5.74) is 0.291. The molecule has 1 rings (SSSR count). The first-order valence-electron chi connectivity index (χ1n) is 6.97. The average molecular weight is 265 g/mol. The standard InChI is InChI=1S/C15H23NO3/c1-4-6-8-12(7-5-2)16-10-13(15(18)19)14(17)9-11(16)3/h9-10,12H,4-8H2,1-3H3,(H,18,19). The van der Waals surface area contributed by atoms with Crippen molar-refractivity contribution in [3.05, 3.63) is 33.7 Å². The minimum Gasteiger partial charge on any atom is -0.477 e. The van der Waals surface area contributed by atoms with E-state index in [2.05, 4.69) is 13.8 Å². The minimum atomic E-state index is -1.15. The highest BCUT2D eigenvalue weighted by Crippen LogP contribution is 2.22. The molecule has 0 fully saturated rings. The summed E-state index contributed by atoms with van der Waals surface area (Å²) in [6, 6.07) is 1.71. The van der Waals surface area contributed by atoms with Gasteiger partial charge in [0, 0.05) is 24.0 Å². The van der Waals surface area contributed by atoms with Crippen LogP contribution in [-0.2, 0) is 0 Å². The van der Waals surface area contributed by atoms with Crippen LogP contribution in [-0.4, -0.2) is 15.6 Å². The predicted molar refractivity (Wildman–Crippen MR) is 75.9 cm³/mol. The van der Waals surface area contributed by atoms with Gasteiger partial charge in [0.1, 0.15) is 5.56 Å². The second-order valence-electron chi connectivity index (χ2n) is 4.99. The van der Waals surface area contributed by atoms with Gasteiger partial charge < -0.3 is 9.67 Å². The Morgan fingerprint density at radius 1 is 1.32 bits per heavy atom. The highest BCUT2D eigenvalue weighted by atomic mass is 16.4. The van der Waals surface area contributed by atoms with Crippen LogP contribution in [0.5, 0.6) is 0 Å². The van der Waals surface area contributed by atoms with Crippen LogP contribution in [0.3, 0.4) is 0 Å². The molecule has 1 aromatic heterocycles. The number of nitrogens with zero attached hydrogens (tertiary/aromatic N) is 1. The van der Waals surface area contributed by atoms with Gasteiger partial charge in [0.15, 0.2) is 5.43 Å². The SMILES string of the molecule is CCCCC(CCC)n1cc(C(=O)O)c(=O)cc1C. The molecule has 1 aromatic rings. The third kappa shape index (κ3) is 3.94. The van der Waals surface area contributed by atoms with E-state index in [9.17, 15) is 9.59 Å². The fraction of sp³-hybridized carbons (Fsp3) is 0.600. The molecule has 0 aromatic carbocycles. The van der Waals surface area contributed by atoms with Gasteiger partial charge >= 0.3 is 5.97 Å². The van der Waals surface area contributed by atoms with E-state index in [1.807, 2.05) is 11.5 Å². The Hall–Kier alpha value is -1.58. The summed E-state index contributed by atoms with van der Waals surface area (Å²) < 4.78 is 1.96. The summed E-state index contributed by atoms with van der Waals surface area (Å²) in [5, 5.41) is 9.06. The Balaban J connectivity index is 3.17. The third-order valence-electron chi connectivity index (χ3n) is 3.42. The molecule has 4 nitrogen and oxygen atoms in total. The van der Waals surface area contributed by atoms with Crippen LogP contribution in [0, 0.1) is 6.92 Å².